The Labute approximate surface area is 296 Å². The normalized spacial score (nSPS) is 12.3. The van der Waals surface area contributed by atoms with Crippen molar-refractivity contribution in [3.63, 3.8) is 0 Å². The van der Waals surface area contributed by atoms with Crippen LogP contribution in [-0.4, -0.2) is 37.3 Å². The quantitative estimate of drug-likeness (QED) is 0.0282. The molecule has 1 atom stereocenters. The monoisotopic (exact) mass is 683 g/mol. The van der Waals surface area contributed by atoms with Crippen molar-refractivity contribution in [3.8, 4) is 0 Å². The first-order valence-electron chi connectivity index (χ1n) is 19.9. The number of unbranched alkanes of at least 4 members (excludes halogenated alkanes) is 24. The van der Waals surface area contributed by atoms with Crippen molar-refractivity contribution in [1.29, 1.82) is 0 Å². The molecule has 1 unspecified atom stereocenters. The van der Waals surface area contributed by atoms with E-state index in [-0.39, 0.29) is 12.5 Å². The van der Waals surface area contributed by atoms with Crippen molar-refractivity contribution in [2.45, 2.75) is 206 Å². The van der Waals surface area contributed by atoms with Crippen molar-refractivity contribution in [2.75, 3.05) is 19.3 Å². The molecular weight excluding hydrogens is 608 g/mol. The zero-order valence-electron chi connectivity index (χ0n) is 30.9. The van der Waals surface area contributed by atoms with E-state index in [0.717, 1.165) is 38.5 Å². The summed E-state index contributed by atoms with van der Waals surface area (Å²) in [6, 6.07) is -0.170. The summed E-state index contributed by atoms with van der Waals surface area (Å²) in [5, 5.41) is 0. The van der Waals surface area contributed by atoms with Crippen molar-refractivity contribution in [3.05, 3.63) is 24.3 Å². The highest BCUT2D eigenvalue weighted by atomic mass is 35.5. The van der Waals surface area contributed by atoms with Crippen LogP contribution in [0.15, 0.2) is 24.3 Å². The topological polar surface area (TPSA) is 61.8 Å². The summed E-state index contributed by atoms with van der Waals surface area (Å²) < 4.78 is 16.0. The second kappa shape index (κ2) is 39.1. The number of ether oxygens (including phenoxy) is 3. The molecule has 47 heavy (non-hydrogen) atoms. The van der Waals surface area contributed by atoms with Gasteiger partial charge in [0.1, 0.15) is 6.07 Å². The highest BCUT2D eigenvalue weighted by molar-refractivity contribution is 6.17. The minimum Gasteiger partial charge on any atom is -0.466 e. The lowest BCUT2D eigenvalue weighted by Gasteiger charge is -2.15. The molecule has 276 valence electrons. The maximum absolute atomic E-state index is 12.4. The second-order valence-corrected chi connectivity index (χ2v) is 13.5. The van der Waals surface area contributed by atoms with Gasteiger partial charge in [0.2, 0.25) is 0 Å². The van der Waals surface area contributed by atoms with Crippen molar-refractivity contribution >= 4 is 23.5 Å². The van der Waals surface area contributed by atoms with E-state index < -0.39 is 18.0 Å². The molecule has 0 fully saturated rings. The van der Waals surface area contributed by atoms with Crippen LogP contribution in [-0.2, 0) is 23.8 Å². The van der Waals surface area contributed by atoms with E-state index in [2.05, 4.69) is 38.2 Å². The molecule has 6 heteroatoms. The fourth-order valence-electron chi connectivity index (χ4n) is 5.65. The summed E-state index contributed by atoms with van der Waals surface area (Å²) in [5.74, 6) is -0.977. The smallest absolute Gasteiger partial charge is 0.335 e. The standard InChI is InChI=1S/C41H75ClO5/c1-3-5-7-9-11-13-15-17-19-21-23-25-27-29-31-33-35-45-40(43)37-39(47-38-42)41(44)46-36-34-32-30-28-26-24-22-20-18-16-14-12-10-8-6-4-2/h17-20,39H,3-16,21-38H2,1-2H3/b19-17-,20-18-. The third kappa shape index (κ3) is 35.8. The molecular formula is C41H75ClO5. The number of esters is 2. The molecule has 0 rings (SSSR count). The SMILES string of the molecule is CCCCCCCC/C=C\CCCCCCCCOC(=O)CC(OCCl)C(=O)OCCCCCCCC/C=C\CCCCCCCC. The fourth-order valence-corrected chi connectivity index (χ4v) is 5.80. The van der Waals surface area contributed by atoms with E-state index in [1.165, 1.54) is 141 Å². The molecule has 0 aliphatic heterocycles. The van der Waals surface area contributed by atoms with Crippen LogP contribution >= 0.6 is 11.6 Å². The molecule has 0 aromatic heterocycles. The lowest BCUT2D eigenvalue weighted by Crippen LogP contribution is -2.30. The zero-order valence-corrected chi connectivity index (χ0v) is 31.7. The number of alkyl halides is 1. The van der Waals surface area contributed by atoms with Gasteiger partial charge in [0.05, 0.1) is 19.6 Å². The van der Waals surface area contributed by atoms with Gasteiger partial charge in [0.15, 0.2) is 6.10 Å². The van der Waals surface area contributed by atoms with Gasteiger partial charge in [-0.2, -0.15) is 0 Å². The highest BCUT2D eigenvalue weighted by Crippen LogP contribution is 2.13. The molecule has 0 aliphatic carbocycles. The van der Waals surface area contributed by atoms with Crippen LogP contribution in [0.25, 0.3) is 0 Å². The molecule has 0 aromatic carbocycles. The number of rotatable bonds is 37. The van der Waals surface area contributed by atoms with Crippen LogP contribution in [0.2, 0.25) is 0 Å². The Morgan fingerprint density at radius 2 is 0.830 bits per heavy atom. The summed E-state index contributed by atoms with van der Waals surface area (Å²) in [6.45, 7) is 5.24. The molecule has 0 amide bonds. The van der Waals surface area contributed by atoms with Crippen LogP contribution in [0.5, 0.6) is 0 Å². The Hall–Kier alpha value is -1.33. The van der Waals surface area contributed by atoms with E-state index in [1.807, 2.05) is 0 Å². The predicted molar refractivity (Wildman–Crippen MR) is 201 cm³/mol. The first kappa shape index (κ1) is 45.7. The first-order valence-corrected chi connectivity index (χ1v) is 20.5. The van der Waals surface area contributed by atoms with Gasteiger partial charge in [-0.15, -0.1) is 0 Å². The maximum atomic E-state index is 12.4. The van der Waals surface area contributed by atoms with Crippen LogP contribution in [0.3, 0.4) is 0 Å². The summed E-state index contributed by atoms with van der Waals surface area (Å²) in [6.07, 6.45) is 42.8. The van der Waals surface area contributed by atoms with Crippen LogP contribution in [0, 0.1) is 0 Å². The second-order valence-electron chi connectivity index (χ2n) is 13.2. The third-order valence-electron chi connectivity index (χ3n) is 8.70. The number of hydrogen-bond acceptors (Lipinski definition) is 5. The van der Waals surface area contributed by atoms with Gasteiger partial charge in [-0.3, -0.25) is 4.79 Å². The molecule has 0 saturated heterocycles. The lowest BCUT2D eigenvalue weighted by molar-refractivity contribution is -0.162. The Morgan fingerprint density at radius 1 is 0.489 bits per heavy atom. The van der Waals surface area contributed by atoms with Gasteiger partial charge in [-0.25, -0.2) is 4.79 Å². The van der Waals surface area contributed by atoms with Gasteiger partial charge in [-0.1, -0.05) is 165 Å². The van der Waals surface area contributed by atoms with Crippen LogP contribution in [0.1, 0.15) is 200 Å². The summed E-state index contributed by atoms with van der Waals surface area (Å²) in [4.78, 5) is 24.7. The summed E-state index contributed by atoms with van der Waals surface area (Å²) >= 11 is 5.70. The molecule has 0 N–H and O–H groups in total. The molecule has 0 spiro atoms. The van der Waals surface area contributed by atoms with Crippen molar-refractivity contribution in [1.82, 2.24) is 0 Å². The average molecular weight is 683 g/mol. The molecule has 0 saturated carbocycles. The Bertz CT molecular complexity index is 723. The first-order chi connectivity index (χ1) is 23.2. The summed E-state index contributed by atoms with van der Waals surface area (Å²) in [7, 11) is 0. The van der Waals surface area contributed by atoms with Gasteiger partial charge >= 0.3 is 11.9 Å². The van der Waals surface area contributed by atoms with Gasteiger partial charge < -0.3 is 14.2 Å². The van der Waals surface area contributed by atoms with E-state index in [1.54, 1.807) is 0 Å². The Kier molecular flexibility index (Phi) is 38.0. The predicted octanol–water partition coefficient (Wildman–Crippen LogP) is 13.1. The highest BCUT2D eigenvalue weighted by Gasteiger charge is 2.25. The molecule has 5 nitrogen and oxygen atoms in total. The number of allylic oxidation sites excluding steroid dienone is 4. The third-order valence-corrected chi connectivity index (χ3v) is 8.82. The van der Waals surface area contributed by atoms with E-state index in [0.29, 0.717) is 13.2 Å². The average Bonchev–Trinajstić information content (AvgIpc) is 3.07. The Balaban J connectivity index is 3.66. The zero-order chi connectivity index (χ0) is 34.3. The van der Waals surface area contributed by atoms with E-state index in [9.17, 15) is 9.59 Å². The lowest BCUT2D eigenvalue weighted by atomic mass is 10.1. The summed E-state index contributed by atoms with van der Waals surface area (Å²) in [5.41, 5.74) is 0. The fraction of sp³-hybridized carbons (Fsp3) is 0.854. The molecule has 0 radical (unpaired) electrons. The van der Waals surface area contributed by atoms with Gasteiger partial charge in [0.25, 0.3) is 0 Å². The number of halogens is 1. The number of carbonyl (C=O) groups excluding carboxylic acids is 2. The Morgan fingerprint density at radius 3 is 1.21 bits per heavy atom. The molecule has 0 heterocycles. The van der Waals surface area contributed by atoms with Crippen molar-refractivity contribution in [2.24, 2.45) is 0 Å². The minimum atomic E-state index is -1.01. The number of carbonyl (C=O) groups is 2. The van der Waals surface area contributed by atoms with Crippen molar-refractivity contribution < 1.29 is 23.8 Å². The van der Waals surface area contributed by atoms with Crippen LogP contribution in [0.4, 0.5) is 0 Å². The van der Waals surface area contributed by atoms with E-state index >= 15 is 0 Å². The van der Waals surface area contributed by atoms with E-state index in [4.69, 9.17) is 25.8 Å². The van der Waals surface area contributed by atoms with Crippen LogP contribution < -0.4 is 0 Å². The van der Waals surface area contributed by atoms with Gasteiger partial charge in [-0.05, 0) is 64.2 Å². The maximum Gasteiger partial charge on any atom is 0.335 e. The minimum absolute atomic E-state index is 0.161. The molecule has 0 bridgehead atoms. The van der Waals surface area contributed by atoms with Gasteiger partial charge in [0, 0.05) is 0 Å². The largest absolute Gasteiger partial charge is 0.466 e. The molecule has 0 aromatic rings. The number of hydrogen-bond donors (Lipinski definition) is 0. The molecule has 0 aliphatic rings.